The number of aryl methyl sites for hydroxylation is 1. The zero-order chi connectivity index (χ0) is 22.7. The van der Waals surface area contributed by atoms with Gasteiger partial charge >= 0.3 is 11.9 Å². The Morgan fingerprint density at radius 3 is 2.68 bits per heavy atom. The van der Waals surface area contributed by atoms with Gasteiger partial charge in [-0.1, -0.05) is 0 Å². The summed E-state index contributed by atoms with van der Waals surface area (Å²) in [5.41, 5.74) is -0.662. The molecule has 0 amide bonds. The first-order valence-corrected chi connectivity index (χ1v) is 9.37. The Hall–Kier alpha value is -3.22. The maximum Gasteiger partial charge on any atom is 0.342 e. The molecule has 0 aliphatic carbocycles. The van der Waals surface area contributed by atoms with Crippen LogP contribution in [-0.4, -0.2) is 52.6 Å². The summed E-state index contributed by atoms with van der Waals surface area (Å²) in [6.07, 6.45) is -2.92. The highest BCUT2D eigenvalue weighted by Gasteiger charge is 2.37. The summed E-state index contributed by atoms with van der Waals surface area (Å²) < 4.78 is 22.6. The fraction of sp³-hybridized carbons (Fsp3) is 0.474. The van der Waals surface area contributed by atoms with E-state index in [0.717, 1.165) is 0 Å². The number of hydrogen-bond donors (Lipinski definition) is 2. The lowest BCUT2D eigenvalue weighted by atomic mass is 10.1. The van der Waals surface area contributed by atoms with Gasteiger partial charge in [0.15, 0.2) is 11.5 Å². The van der Waals surface area contributed by atoms with Crippen LogP contribution in [0.2, 0.25) is 0 Å². The number of aliphatic hydroxyl groups excluding tert-OH is 1. The van der Waals surface area contributed by atoms with Crippen molar-refractivity contribution in [3.63, 3.8) is 0 Å². The molecule has 1 aromatic heterocycles. The molecule has 168 valence electrons. The van der Waals surface area contributed by atoms with Gasteiger partial charge in [0.1, 0.15) is 12.3 Å². The van der Waals surface area contributed by atoms with Crippen LogP contribution in [0.1, 0.15) is 30.0 Å². The molecule has 0 radical (unpaired) electrons. The van der Waals surface area contributed by atoms with Crippen molar-refractivity contribution in [3.8, 4) is 11.5 Å². The normalized spacial score (nSPS) is 21.6. The van der Waals surface area contributed by atoms with E-state index in [1.165, 1.54) is 50.1 Å². The lowest BCUT2D eigenvalue weighted by Crippen LogP contribution is -2.33. The second-order valence-electron chi connectivity index (χ2n) is 7.00. The second kappa shape index (κ2) is 9.29. The Balaban J connectivity index is 1.73. The van der Waals surface area contributed by atoms with Gasteiger partial charge in [-0.2, -0.15) is 0 Å². The number of methoxy groups -OCH3 is 2. The number of ether oxygens (including phenoxy) is 4. The van der Waals surface area contributed by atoms with E-state index < -0.39 is 40.8 Å². The van der Waals surface area contributed by atoms with Gasteiger partial charge in [0.25, 0.3) is 5.56 Å². The average molecular weight is 437 g/mol. The highest BCUT2D eigenvalue weighted by molar-refractivity contribution is 5.43. The molecule has 1 aromatic carbocycles. The minimum absolute atomic E-state index is 0.0545. The maximum absolute atomic E-state index is 12.0. The molecule has 12 heteroatoms. The van der Waals surface area contributed by atoms with Crippen LogP contribution in [-0.2, 0) is 9.47 Å². The molecule has 1 unspecified atom stereocenters. The summed E-state index contributed by atoms with van der Waals surface area (Å²) in [5.74, 6) is 0.716. The Morgan fingerprint density at radius 2 is 2.03 bits per heavy atom. The van der Waals surface area contributed by atoms with Crippen LogP contribution in [0.3, 0.4) is 0 Å². The van der Waals surface area contributed by atoms with E-state index in [-0.39, 0.29) is 18.6 Å². The minimum atomic E-state index is -1.53. The number of aromatic nitrogens is 2. The van der Waals surface area contributed by atoms with Gasteiger partial charge in [-0.3, -0.25) is 24.5 Å². The first kappa shape index (κ1) is 22.5. The minimum Gasteiger partial charge on any atom is -0.493 e. The molecule has 0 saturated carbocycles. The number of aromatic amines is 1. The van der Waals surface area contributed by atoms with Crippen LogP contribution in [0.25, 0.3) is 0 Å². The molecule has 2 N–H and O–H groups in total. The van der Waals surface area contributed by atoms with Gasteiger partial charge in [-0.25, -0.2) is 4.79 Å². The summed E-state index contributed by atoms with van der Waals surface area (Å²) in [7, 11) is 2.86. The molecule has 12 nitrogen and oxygen atoms in total. The lowest BCUT2D eigenvalue weighted by molar-refractivity contribution is -0.585. The predicted molar refractivity (Wildman–Crippen MR) is 106 cm³/mol. The molecule has 2 heterocycles. The molecule has 2 aromatic rings. The van der Waals surface area contributed by atoms with Gasteiger partial charge in [-0.15, -0.1) is 0 Å². The zero-order valence-electron chi connectivity index (χ0n) is 17.1. The summed E-state index contributed by atoms with van der Waals surface area (Å²) in [6, 6.07) is 4.44. The Bertz CT molecular complexity index is 1060. The van der Waals surface area contributed by atoms with Crippen molar-refractivity contribution in [1.82, 2.24) is 9.55 Å². The summed E-state index contributed by atoms with van der Waals surface area (Å²) >= 11 is 0. The second-order valence-corrected chi connectivity index (χ2v) is 7.00. The molecule has 0 spiro atoms. The van der Waals surface area contributed by atoms with Crippen molar-refractivity contribution in [3.05, 3.63) is 66.5 Å². The van der Waals surface area contributed by atoms with Crippen LogP contribution in [0.4, 0.5) is 0 Å². The molecule has 1 saturated heterocycles. The standard InChI is InChI=1S/C19H23N3O9/c1-10-8-21(19(25)20-17(10)24)16-7-12(23)15(31-16)9-30-18(22(26)27)11-4-5-13(28-2)14(6-11)29-3/h4-6,8,12,15-16,18,23H,7,9H2,1-3H3,(H,20,24,25)/t12-,15+,16+,18?/m0/s1. The Labute approximate surface area is 176 Å². The molecular formula is C19H23N3O9. The van der Waals surface area contributed by atoms with Crippen molar-refractivity contribution in [2.75, 3.05) is 20.8 Å². The molecule has 1 fully saturated rings. The predicted octanol–water partition coefficient (Wildman–Crippen LogP) is 0.503. The van der Waals surface area contributed by atoms with Crippen molar-refractivity contribution >= 4 is 0 Å². The summed E-state index contributed by atoms with van der Waals surface area (Å²) in [6.45, 7) is 1.24. The molecule has 3 rings (SSSR count). The number of nitro groups is 1. The van der Waals surface area contributed by atoms with Crippen LogP contribution in [0.15, 0.2) is 34.0 Å². The smallest absolute Gasteiger partial charge is 0.342 e. The van der Waals surface area contributed by atoms with Gasteiger partial charge in [0, 0.05) is 18.2 Å². The highest BCUT2D eigenvalue weighted by atomic mass is 16.7. The first-order valence-electron chi connectivity index (χ1n) is 9.37. The molecule has 31 heavy (non-hydrogen) atoms. The SMILES string of the molecule is COc1ccc(C(OC[C@H]2O[C@@H](n3cc(C)c(=O)[nH]c3=O)C[C@@H]2O)[N+](=O)[O-])cc1OC. The van der Waals surface area contributed by atoms with E-state index in [1.807, 2.05) is 0 Å². The first-order chi connectivity index (χ1) is 14.7. The topological polar surface area (TPSA) is 155 Å². The molecule has 4 atom stereocenters. The zero-order valence-corrected chi connectivity index (χ0v) is 17.1. The van der Waals surface area contributed by atoms with E-state index >= 15 is 0 Å². The number of hydrogen-bond acceptors (Lipinski definition) is 9. The van der Waals surface area contributed by atoms with Gasteiger partial charge < -0.3 is 24.1 Å². The van der Waals surface area contributed by atoms with E-state index in [4.69, 9.17) is 18.9 Å². The third-order valence-corrected chi connectivity index (χ3v) is 4.96. The van der Waals surface area contributed by atoms with Crippen LogP contribution in [0.5, 0.6) is 11.5 Å². The maximum atomic E-state index is 12.0. The molecule has 1 aliphatic heterocycles. The van der Waals surface area contributed by atoms with Crippen molar-refractivity contribution in [2.45, 2.75) is 38.0 Å². The summed E-state index contributed by atoms with van der Waals surface area (Å²) in [5, 5.41) is 21.9. The van der Waals surface area contributed by atoms with Crippen LogP contribution < -0.4 is 20.7 Å². The summed E-state index contributed by atoms with van der Waals surface area (Å²) in [4.78, 5) is 36.7. The number of H-pyrrole nitrogens is 1. The third kappa shape index (κ3) is 4.76. The Morgan fingerprint density at radius 1 is 1.32 bits per heavy atom. The number of rotatable bonds is 8. The van der Waals surface area contributed by atoms with Gasteiger partial charge in [0.05, 0.1) is 37.4 Å². The van der Waals surface area contributed by atoms with Gasteiger partial charge in [0.2, 0.25) is 0 Å². The van der Waals surface area contributed by atoms with E-state index in [0.29, 0.717) is 17.1 Å². The number of aliphatic hydroxyl groups is 1. The number of nitrogens with zero attached hydrogens (tertiary/aromatic N) is 2. The average Bonchev–Trinajstić information content (AvgIpc) is 3.10. The van der Waals surface area contributed by atoms with Crippen molar-refractivity contribution < 1.29 is 29.0 Å². The fourth-order valence-electron chi connectivity index (χ4n) is 3.31. The Kier molecular flexibility index (Phi) is 6.73. The van der Waals surface area contributed by atoms with Crippen molar-refractivity contribution in [2.24, 2.45) is 0 Å². The molecule has 0 bridgehead atoms. The van der Waals surface area contributed by atoms with Crippen molar-refractivity contribution in [1.29, 1.82) is 0 Å². The number of benzene rings is 1. The monoisotopic (exact) mass is 437 g/mol. The van der Waals surface area contributed by atoms with E-state index in [2.05, 4.69) is 4.98 Å². The van der Waals surface area contributed by atoms with Crippen LogP contribution in [0, 0.1) is 17.0 Å². The fourth-order valence-corrected chi connectivity index (χ4v) is 3.31. The van der Waals surface area contributed by atoms with Crippen LogP contribution >= 0.6 is 0 Å². The quantitative estimate of drug-likeness (QED) is 0.341. The molecular weight excluding hydrogens is 414 g/mol. The third-order valence-electron chi connectivity index (χ3n) is 4.96. The highest BCUT2D eigenvalue weighted by Crippen LogP contribution is 2.33. The van der Waals surface area contributed by atoms with E-state index in [1.54, 1.807) is 0 Å². The van der Waals surface area contributed by atoms with Gasteiger partial charge in [-0.05, 0) is 25.1 Å². The number of nitrogens with one attached hydrogen (secondary N) is 1. The molecule has 1 aliphatic rings. The lowest BCUT2D eigenvalue weighted by Gasteiger charge is -2.18. The van der Waals surface area contributed by atoms with E-state index in [9.17, 15) is 24.8 Å². The largest absolute Gasteiger partial charge is 0.493 e.